The minimum atomic E-state index is 0.183. The van der Waals surface area contributed by atoms with Gasteiger partial charge in [0, 0.05) is 25.7 Å². The summed E-state index contributed by atoms with van der Waals surface area (Å²) in [5, 5.41) is 5.18. The Kier molecular flexibility index (Phi) is 5.17. The van der Waals surface area contributed by atoms with E-state index in [1.165, 1.54) is 11.3 Å². The molecule has 4 heterocycles. The lowest BCUT2D eigenvalue weighted by atomic mass is 10.0. The minimum absolute atomic E-state index is 0.183. The Balaban J connectivity index is 1.48. The van der Waals surface area contributed by atoms with Gasteiger partial charge in [-0.05, 0) is 42.2 Å². The Hall–Kier alpha value is -1.99. The lowest BCUT2D eigenvalue weighted by Crippen LogP contribution is -2.47. The standard InChI is InChI=1S/C19H22N4OS2/c1-2-8-23(19(24)16-4-3-11-25-16)14-5-9-22(10-6-14)17-15-7-12-26-18(15)21-13-20-17/h3-4,7,11-14H,2,5-6,8-10H2,1H3. The number of carbonyl (C=O) groups is 1. The van der Waals surface area contributed by atoms with Crippen molar-refractivity contribution in [1.29, 1.82) is 0 Å². The van der Waals surface area contributed by atoms with Crippen molar-refractivity contribution in [3.8, 4) is 0 Å². The molecule has 0 aromatic carbocycles. The molecule has 0 atom stereocenters. The van der Waals surface area contributed by atoms with Crippen LogP contribution in [-0.4, -0.2) is 46.5 Å². The molecule has 4 rings (SSSR count). The highest BCUT2D eigenvalue weighted by Crippen LogP contribution is 2.30. The molecule has 7 heteroatoms. The van der Waals surface area contributed by atoms with Crippen LogP contribution in [0.15, 0.2) is 35.3 Å². The molecule has 0 N–H and O–H groups in total. The van der Waals surface area contributed by atoms with Gasteiger partial charge in [0.25, 0.3) is 5.91 Å². The Morgan fingerprint density at radius 3 is 2.81 bits per heavy atom. The topological polar surface area (TPSA) is 49.3 Å². The highest BCUT2D eigenvalue weighted by molar-refractivity contribution is 7.16. The van der Waals surface area contributed by atoms with E-state index in [1.54, 1.807) is 17.7 Å². The van der Waals surface area contributed by atoms with Gasteiger partial charge in [-0.25, -0.2) is 9.97 Å². The van der Waals surface area contributed by atoms with Crippen LogP contribution >= 0.6 is 22.7 Å². The molecular formula is C19H22N4OS2. The third-order valence-corrected chi connectivity index (χ3v) is 6.58. The number of nitrogens with zero attached hydrogens (tertiary/aromatic N) is 4. The maximum Gasteiger partial charge on any atom is 0.264 e. The summed E-state index contributed by atoms with van der Waals surface area (Å²) in [6.45, 7) is 4.80. The van der Waals surface area contributed by atoms with Crippen LogP contribution in [-0.2, 0) is 0 Å². The predicted molar refractivity (Wildman–Crippen MR) is 108 cm³/mol. The summed E-state index contributed by atoms with van der Waals surface area (Å²) in [5.41, 5.74) is 0. The van der Waals surface area contributed by atoms with Gasteiger partial charge < -0.3 is 9.80 Å². The third-order valence-electron chi connectivity index (χ3n) is 4.90. The first kappa shape index (κ1) is 17.4. The molecule has 1 aliphatic rings. The molecule has 0 radical (unpaired) electrons. The van der Waals surface area contributed by atoms with Crippen LogP contribution < -0.4 is 4.90 Å². The van der Waals surface area contributed by atoms with Crippen LogP contribution in [0.4, 0.5) is 5.82 Å². The fourth-order valence-corrected chi connectivity index (χ4v) is 5.06. The van der Waals surface area contributed by atoms with E-state index in [9.17, 15) is 4.79 Å². The van der Waals surface area contributed by atoms with Crippen LogP contribution in [0, 0.1) is 0 Å². The quantitative estimate of drug-likeness (QED) is 0.657. The van der Waals surface area contributed by atoms with Crippen molar-refractivity contribution in [2.75, 3.05) is 24.5 Å². The second-order valence-electron chi connectivity index (χ2n) is 6.53. The Morgan fingerprint density at radius 2 is 2.08 bits per heavy atom. The van der Waals surface area contributed by atoms with E-state index in [0.717, 1.165) is 59.8 Å². The molecule has 0 unspecified atom stereocenters. The number of hydrogen-bond donors (Lipinski definition) is 0. The van der Waals surface area contributed by atoms with E-state index in [4.69, 9.17) is 0 Å². The summed E-state index contributed by atoms with van der Waals surface area (Å²) >= 11 is 3.18. The number of amides is 1. The van der Waals surface area contributed by atoms with Crippen molar-refractivity contribution < 1.29 is 4.79 Å². The van der Waals surface area contributed by atoms with Gasteiger partial charge in [0.05, 0.1) is 10.3 Å². The van der Waals surface area contributed by atoms with E-state index in [0.29, 0.717) is 6.04 Å². The average molecular weight is 387 g/mol. The average Bonchev–Trinajstić information content (AvgIpc) is 3.37. The molecule has 1 aliphatic heterocycles. The molecule has 0 aliphatic carbocycles. The first-order chi connectivity index (χ1) is 12.8. The summed E-state index contributed by atoms with van der Waals surface area (Å²) in [6, 6.07) is 6.29. The van der Waals surface area contributed by atoms with Crippen LogP contribution in [0.2, 0.25) is 0 Å². The highest BCUT2D eigenvalue weighted by Gasteiger charge is 2.29. The van der Waals surface area contributed by atoms with Crippen molar-refractivity contribution in [2.24, 2.45) is 0 Å². The van der Waals surface area contributed by atoms with Gasteiger partial charge in [-0.15, -0.1) is 22.7 Å². The van der Waals surface area contributed by atoms with E-state index in [1.807, 2.05) is 17.5 Å². The van der Waals surface area contributed by atoms with E-state index >= 15 is 0 Å². The molecule has 136 valence electrons. The van der Waals surface area contributed by atoms with Gasteiger partial charge in [-0.3, -0.25) is 4.79 Å². The molecule has 0 bridgehead atoms. The molecule has 1 fully saturated rings. The molecular weight excluding hydrogens is 364 g/mol. The summed E-state index contributed by atoms with van der Waals surface area (Å²) in [6.07, 6.45) is 4.60. The van der Waals surface area contributed by atoms with Crippen molar-refractivity contribution in [3.05, 3.63) is 40.2 Å². The van der Waals surface area contributed by atoms with Crippen molar-refractivity contribution >= 4 is 44.6 Å². The molecule has 1 amide bonds. The number of fused-ring (bicyclic) bond motifs is 1. The van der Waals surface area contributed by atoms with E-state index < -0.39 is 0 Å². The number of thiophene rings is 2. The van der Waals surface area contributed by atoms with Gasteiger partial charge in [0.1, 0.15) is 17.0 Å². The van der Waals surface area contributed by atoms with Crippen LogP contribution in [0.3, 0.4) is 0 Å². The monoisotopic (exact) mass is 386 g/mol. The largest absolute Gasteiger partial charge is 0.356 e. The fraction of sp³-hybridized carbons (Fsp3) is 0.421. The molecule has 1 saturated heterocycles. The number of piperidine rings is 1. The molecule has 5 nitrogen and oxygen atoms in total. The molecule has 3 aromatic rings. The Morgan fingerprint density at radius 1 is 1.23 bits per heavy atom. The normalized spacial score (nSPS) is 15.5. The summed E-state index contributed by atoms with van der Waals surface area (Å²) in [4.78, 5) is 28.1. The second-order valence-corrected chi connectivity index (χ2v) is 8.37. The Bertz CT molecular complexity index is 869. The van der Waals surface area contributed by atoms with Gasteiger partial charge in [0.2, 0.25) is 0 Å². The second kappa shape index (κ2) is 7.72. The van der Waals surface area contributed by atoms with Crippen LogP contribution in [0.1, 0.15) is 35.9 Å². The van der Waals surface area contributed by atoms with Crippen LogP contribution in [0.25, 0.3) is 10.2 Å². The lowest BCUT2D eigenvalue weighted by Gasteiger charge is -2.39. The number of anilines is 1. The Labute approximate surface area is 161 Å². The van der Waals surface area contributed by atoms with Crippen LogP contribution in [0.5, 0.6) is 0 Å². The number of aromatic nitrogens is 2. The first-order valence-corrected chi connectivity index (χ1v) is 10.8. The van der Waals surface area contributed by atoms with Crippen molar-refractivity contribution in [3.63, 3.8) is 0 Å². The molecule has 26 heavy (non-hydrogen) atoms. The first-order valence-electron chi connectivity index (χ1n) is 9.05. The fourth-order valence-electron chi connectivity index (χ4n) is 3.65. The van der Waals surface area contributed by atoms with Gasteiger partial charge >= 0.3 is 0 Å². The van der Waals surface area contributed by atoms with Gasteiger partial charge in [-0.1, -0.05) is 13.0 Å². The third kappa shape index (κ3) is 3.33. The highest BCUT2D eigenvalue weighted by atomic mass is 32.1. The maximum absolute atomic E-state index is 12.9. The van der Waals surface area contributed by atoms with Crippen molar-refractivity contribution in [1.82, 2.24) is 14.9 Å². The van der Waals surface area contributed by atoms with Gasteiger partial charge in [0.15, 0.2) is 0 Å². The molecule has 3 aromatic heterocycles. The summed E-state index contributed by atoms with van der Waals surface area (Å²) in [5.74, 6) is 1.21. The molecule has 0 spiro atoms. The SMILES string of the molecule is CCCN(C(=O)c1cccs1)C1CCN(c2ncnc3sccc23)CC1. The van der Waals surface area contributed by atoms with Gasteiger partial charge in [-0.2, -0.15) is 0 Å². The maximum atomic E-state index is 12.9. The summed E-state index contributed by atoms with van der Waals surface area (Å²) in [7, 11) is 0. The summed E-state index contributed by atoms with van der Waals surface area (Å²) < 4.78 is 0. The minimum Gasteiger partial charge on any atom is -0.356 e. The number of rotatable bonds is 5. The zero-order valence-corrected chi connectivity index (χ0v) is 16.4. The number of hydrogen-bond acceptors (Lipinski definition) is 6. The smallest absolute Gasteiger partial charge is 0.264 e. The van der Waals surface area contributed by atoms with E-state index in [2.05, 4.69) is 38.1 Å². The zero-order valence-electron chi connectivity index (χ0n) is 14.8. The molecule has 0 saturated carbocycles. The predicted octanol–water partition coefficient (Wildman–Crippen LogP) is 4.27. The van der Waals surface area contributed by atoms with E-state index in [-0.39, 0.29) is 5.91 Å². The van der Waals surface area contributed by atoms with Crippen molar-refractivity contribution in [2.45, 2.75) is 32.2 Å². The zero-order chi connectivity index (χ0) is 17.9. The lowest BCUT2D eigenvalue weighted by molar-refractivity contribution is 0.0655. The number of carbonyl (C=O) groups excluding carboxylic acids is 1.